The summed E-state index contributed by atoms with van der Waals surface area (Å²) in [6, 6.07) is 16.4. The molecular weight excluding hydrogens is 460 g/mol. The van der Waals surface area contributed by atoms with Crippen LogP contribution < -0.4 is 4.74 Å². The molecule has 1 aliphatic rings. The van der Waals surface area contributed by atoms with E-state index >= 15 is 0 Å². The first kappa shape index (κ1) is 23.9. The number of aromatic nitrogens is 2. The zero-order chi connectivity index (χ0) is 24.4. The van der Waals surface area contributed by atoms with Crippen molar-refractivity contribution in [2.75, 3.05) is 32.8 Å². The second kappa shape index (κ2) is 10.5. The van der Waals surface area contributed by atoms with Gasteiger partial charge in [0.25, 0.3) is 0 Å². The molecule has 184 valence electrons. The average Bonchev–Trinajstić information content (AvgIpc) is 3.40. The third-order valence-electron chi connectivity index (χ3n) is 6.61. The van der Waals surface area contributed by atoms with Gasteiger partial charge in [0.15, 0.2) is 5.76 Å². The predicted octanol–water partition coefficient (Wildman–Crippen LogP) is 4.51. The second-order valence-corrected chi connectivity index (χ2v) is 10.6. The summed E-state index contributed by atoms with van der Waals surface area (Å²) < 4.78 is 12.7. The Bertz CT molecular complexity index is 1270. The number of benzene rings is 2. The minimum absolute atomic E-state index is 0.267. The Morgan fingerprint density at radius 1 is 1.17 bits per heavy atom. The average molecular weight is 493 g/mol. The van der Waals surface area contributed by atoms with E-state index < -0.39 is 6.10 Å². The number of nitrogens with zero attached hydrogens (tertiary/aromatic N) is 4. The van der Waals surface area contributed by atoms with Crippen LogP contribution in [0, 0.1) is 13.8 Å². The zero-order valence-corrected chi connectivity index (χ0v) is 21.3. The molecule has 8 heteroatoms. The van der Waals surface area contributed by atoms with Gasteiger partial charge in [-0.15, -0.1) is 11.3 Å². The normalized spacial score (nSPS) is 18.2. The Morgan fingerprint density at radius 2 is 2.00 bits per heavy atom. The number of fused-ring (bicyclic) bond motifs is 1. The summed E-state index contributed by atoms with van der Waals surface area (Å²) in [7, 11) is 0. The third kappa shape index (κ3) is 5.56. The number of hydrogen-bond acceptors (Lipinski definition) is 8. The SMILES string of the molecule is Cc1nc2cc(OCC(O)CN3CCN(Cc4c(C)noc4-c4ccccc4)C(C)C3)ccc2s1. The van der Waals surface area contributed by atoms with Crippen LogP contribution in [0.1, 0.15) is 23.2 Å². The van der Waals surface area contributed by atoms with E-state index in [-0.39, 0.29) is 6.61 Å². The maximum atomic E-state index is 10.6. The van der Waals surface area contributed by atoms with Gasteiger partial charge in [-0.1, -0.05) is 35.5 Å². The molecule has 1 fully saturated rings. The fraction of sp³-hybridized carbons (Fsp3) is 0.407. The van der Waals surface area contributed by atoms with Crippen LogP contribution in [-0.2, 0) is 6.54 Å². The summed E-state index contributed by atoms with van der Waals surface area (Å²) in [4.78, 5) is 9.31. The number of aryl methyl sites for hydroxylation is 2. The van der Waals surface area contributed by atoms with E-state index in [1.165, 1.54) is 0 Å². The van der Waals surface area contributed by atoms with Crippen molar-refractivity contribution < 1.29 is 14.4 Å². The van der Waals surface area contributed by atoms with Gasteiger partial charge in [0, 0.05) is 56.0 Å². The molecule has 2 unspecified atom stereocenters. The maximum Gasteiger partial charge on any atom is 0.171 e. The van der Waals surface area contributed by atoms with Crippen molar-refractivity contribution >= 4 is 21.6 Å². The van der Waals surface area contributed by atoms with Gasteiger partial charge in [-0.25, -0.2) is 4.98 Å². The highest BCUT2D eigenvalue weighted by molar-refractivity contribution is 7.18. The van der Waals surface area contributed by atoms with E-state index in [0.717, 1.165) is 69.7 Å². The van der Waals surface area contributed by atoms with Crippen LogP contribution in [0.5, 0.6) is 5.75 Å². The number of piperazine rings is 1. The zero-order valence-electron chi connectivity index (χ0n) is 20.5. The molecule has 3 heterocycles. The molecule has 4 aromatic rings. The van der Waals surface area contributed by atoms with Gasteiger partial charge in [0.2, 0.25) is 0 Å². The van der Waals surface area contributed by atoms with Crippen molar-refractivity contribution in [1.29, 1.82) is 0 Å². The molecule has 0 bridgehead atoms. The van der Waals surface area contributed by atoms with Crippen molar-refractivity contribution in [1.82, 2.24) is 19.9 Å². The van der Waals surface area contributed by atoms with Gasteiger partial charge < -0.3 is 14.4 Å². The molecule has 0 saturated carbocycles. The summed E-state index contributed by atoms with van der Waals surface area (Å²) in [5.41, 5.74) is 4.10. The number of thiazole rings is 1. The molecule has 7 nitrogen and oxygen atoms in total. The van der Waals surface area contributed by atoms with Gasteiger partial charge >= 0.3 is 0 Å². The molecule has 35 heavy (non-hydrogen) atoms. The Kier molecular flexibility index (Phi) is 7.15. The van der Waals surface area contributed by atoms with E-state index in [9.17, 15) is 5.11 Å². The molecule has 1 saturated heterocycles. The Morgan fingerprint density at radius 3 is 2.80 bits per heavy atom. The Labute approximate surface area is 209 Å². The van der Waals surface area contributed by atoms with Crippen molar-refractivity contribution in [3.05, 3.63) is 64.8 Å². The summed E-state index contributed by atoms with van der Waals surface area (Å²) >= 11 is 1.67. The fourth-order valence-corrected chi connectivity index (χ4v) is 5.53. The second-order valence-electron chi connectivity index (χ2n) is 9.35. The van der Waals surface area contributed by atoms with E-state index in [4.69, 9.17) is 9.26 Å². The summed E-state index contributed by atoms with van der Waals surface area (Å²) in [6.07, 6.45) is -0.549. The molecule has 1 N–H and O–H groups in total. The molecule has 2 aromatic heterocycles. The minimum Gasteiger partial charge on any atom is -0.491 e. The highest BCUT2D eigenvalue weighted by Gasteiger charge is 2.27. The minimum atomic E-state index is -0.549. The highest BCUT2D eigenvalue weighted by Crippen LogP contribution is 2.29. The van der Waals surface area contributed by atoms with E-state index in [1.807, 2.05) is 50.2 Å². The summed E-state index contributed by atoms with van der Waals surface area (Å²) in [5, 5.41) is 15.9. The maximum absolute atomic E-state index is 10.6. The van der Waals surface area contributed by atoms with Gasteiger partial charge in [0.05, 0.1) is 20.9 Å². The van der Waals surface area contributed by atoms with Crippen LogP contribution in [0.4, 0.5) is 0 Å². The van der Waals surface area contributed by atoms with E-state index in [2.05, 4.69) is 39.0 Å². The predicted molar refractivity (Wildman–Crippen MR) is 139 cm³/mol. The molecule has 0 aliphatic carbocycles. The first-order valence-electron chi connectivity index (χ1n) is 12.1. The lowest BCUT2D eigenvalue weighted by molar-refractivity contribution is 0.0256. The molecule has 2 atom stereocenters. The van der Waals surface area contributed by atoms with Crippen molar-refractivity contribution in [3.63, 3.8) is 0 Å². The topological polar surface area (TPSA) is 74.9 Å². The lowest BCUT2D eigenvalue weighted by Crippen LogP contribution is -2.53. The van der Waals surface area contributed by atoms with E-state index in [0.29, 0.717) is 12.6 Å². The molecule has 0 radical (unpaired) electrons. The molecule has 0 spiro atoms. The number of ether oxygens (including phenoxy) is 1. The lowest BCUT2D eigenvalue weighted by Gasteiger charge is -2.40. The van der Waals surface area contributed by atoms with Crippen LogP contribution in [0.3, 0.4) is 0 Å². The number of aliphatic hydroxyl groups excluding tert-OH is 1. The molecule has 1 aliphatic heterocycles. The van der Waals surface area contributed by atoms with Crippen molar-refractivity contribution in [2.24, 2.45) is 0 Å². The quantitative estimate of drug-likeness (QED) is 0.388. The van der Waals surface area contributed by atoms with Gasteiger partial charge in [-0.2, -0.15) is 0 Å². The first-order valence-corrected chi connectivity index (χ1v) is 12.9. The number of β-amino-alcohol motifs (C(OH)–C–C–N with tert-alkyl or cyclic N) is 1. The van der Waals surface area contributed by atoms with Crippen molar-refractivity contribution in [3.8, 4) is 17.1 Å². The summed E-state index contributed by atoms with van der Waals surface area (Å²) in [6.45, 7) is 10.6. The third-order valence-corrected chi connectivity index (χ3v) is 7.56. The molecular formula is C27H32N4O3S. The van der Waals surface area contributed by atoms with Gasteiger partial charge in [-0.05, 0) is 32.9 Å². The standard InChI is InChI=1S/C27H32N4O3S/c1-18-14-30(15-22(32)17-33-23-9-10-26-25(13-23)28-20(3)35-26)11-12-31(18)16-24-19(2)29-34-27(24)21-7-5-4-6-8-21/h4-10,13,18,22,32H,11-12,14-17H2,1-3H3. The van der Waals surface area contributed by atoms with Crippen LogP contribution in [0.15, 0.2) is 53.1 Å². The first-order chi connectivity index (χ1) is 17.0. The number of aliphatic hydroxyl groups is 1. The molecule has 2 aromatic carbocycles. The Hall–Kier alpha value is -2.78. The number of rotatable bonds is 8. The van der Waals surface area contributed by atoms with E-state index in [1.54, 1.807) is 11.3 Å². The van der Waals surface area contributed by atoms with Crippen molar-refractivity contribution in [2.45, 2.75) is 39.5 Å². The lowest BCUT2D eigenvalue weighted by atomic mass is 10.0. The fourth-order valence-electron chi connectivity index (χ4n) is 4.72. The van der Waals surface area contributed by atoms with Gasteiger partial charge in [0.1, 0.15) is 18.5 Å². The largest absolute Gasteiger partial charge is 0.491 e. The summed E-state index contributed by atoms with van der Waals surface area (Å²) in [5.74, 6) is 1.61. The van der Waals surface area contributed by atoms with Gasteiger partial charge in [-0.3, -0.25) is 9.80 Å². The number of hydrogen-bond donors (Lipinski definition) is 1. The smallest absolute Gasteiger partial charge is 0.171 e. The Balaban J connectivity index is 1.13. The highest BCUT2D eigenvalue weighted by atomic mass is 32.1. The molecule has 0 amide bonds. The van der Waals surface area contributed by atoms with Crippen LogP contribution in [-0.4, -0.2) is 70.0 Å². The monoisotopic (exact) mass is 492 g/mol. The van der Waals surface area contributed by atoms with Crippen LogP contribution in [0.25, 0.3) is 21.5 Å². The molecule has 5 rings (SSSR count). The van der Waals surface area contributed by atoms with Crippen LogP contribution in [0.2, 0.25) is 0 Å². The van der Waals surface area contributed by atoms with Crippen LogP contribution >= 0.6 is 11.3 Å².